The number of phenolic OH excluding ortho intramolecular Hbond substituents is 2. The first-order valence-corrected chi connectivity index (χ1v) is 7.59. The van der Waals surface area contributed by atoms with Crippen molar-refractivity contribution in [2.24, 2.45) is 0 Å². The number of aromatic hydroxyl groups is 2. The fourth-order valence-electron chi connectivity index (χ4n) is 2.53. The Kier molecular flexibility index (Phi) is 3.69. The van der Waals surface area contributed by atoms with Gasteiger partial charge in [0, 0.05) is 10.4 Å². The van der Waals surface area contributed by atoms with E-state index >= 15 is 0 Å². The number of carbonyl (C=O) groups is 1. The zero-order valence-electron chi connectivity index (χ0n) is 11.9. The van der Waals surface area contributed by atoms with Crippen LogP contribution in [0.1, 0.15) is 15.2 Å². The molecule has 0 bridgehead atoms. The van der Waals surface area contributed by atoms with Gasteiger partial charge >= 0.3 is 0 Å². The lowest BCUT2D eigenvalue weighted by Gasteiger charge is -2.04. The summed E-state index contributed by atoms with van der Waals surface area (Å²) in [5, 5.41) is 19.1. The summed E-state index contributed by atoms with van der Waals surface area (Å²) in [6.07, 6.45) is 0.853. The minimum Gasteiger partial charge on any atom is -0.508 e. The number of carbonyl (C=O) groups excluding carboxylic acids is 1. The molecule has 3 rings (SSSR count). The molecule has 3 nitrogen and oxygen atoms in total. The molecule has 2 aromatic carbocycles. The van der Waals surface area contributed by atoms with Crippen LogP contribution >= 0.6 is 11.3 Å². The predicted octanol–water partition coefficient (Wildman–Crippen LogP) is 4.61. The molecule has 1 heterocycles. The summed E-state index contributed by atoms with van der Waals surface area (Å²) >= 11 is 1.41. The molecule has 0 saturated carbocycles. The van der Waals surface area contributed by atoms with Crippen LogP contribution < -0.4 is 0 Å². The summed E-state index contributed by atoms with van der Waals surface area (Å²) in [7, 11) is 0. The van der Waals surface area contributed by atoms with Gasteiger partial charge < -0.3 is 10.2 Å². The van der Waals surface area contributed by atoms with E-state index in [1.807, 2.05) is 13.0 Å². The van der Waals surface area contributed by atoms with Gasteiger partial charge in [-0.15, -0.1) is 11.3 Å². The first-order chi connectivity index (χ1) is 10.6. The van der Waals surface area contributed by atoms with Gasteiger partial charge in [-0.3, -0.25) is 4.79 Å². The molecule has 0 spiro atoms. The molecule has 3 aromatic rings. The van der Waals surface area contributed by atoms with E-state index in [4.69, 9.17) is 0 Å². The third-order valence-corrected chi connectivity index (χ3v) is 4.81. The molecule has 110 valence electrons. The highest BCUT2D eigenvalue weighted by molar-refractivity contribution is 7.17. The molecule has 2 N–H and O–H groups in total. The quantitative estimate of drug-likeness (QED) is 0.694. The predicted molar refractivity (Wildman–Crippen MR) is 88.6 cm³/mol. The molecule has 0 unspecified atom stereocenters. The molecule has 0 atom stereocenters. The smallest absolute Gasteiger partial charge is 0.160 e. The SMILES string of the molecule is Cc1c(-c2cccc(O)c2)sc(C=O)c1-c1ccc(O)cc1. The molecule has 0 aliphatic heterocycles. The van der Waals surface area contributed by atoms with Crippen LogP contribution in [0.2, 0.25) is 0 Å². The molecular formula is C18H14O3S. The normalized spacial score (nSPS) is 10.6. The molecule has 0 amide bonds. The number of phenols is 2. The van der Waals surface area contributed by atoms with Gasteiger partial charge in [-0.05, 0) is 47.9 Å². The fraction of sp³-hybridized carbons (Fsp3) is 0.0556. The van der Waals surface area contributed by atoms with Crippen molar-refractivity contribution in [1.82, 2.24) is 0 Å². The second-order valence-electron chi connectivity index (χ2n) is 5.01. The average molecular weight is 310 g/mol. The highest BCUT2D eigenvalue weighted by Crippen LogP contribution is 2.41. The molecule has 0 radical (unpaired) electrons. The largest absolute Gasteiger partial charge is 0.508 e. The second-order valence-corrected chi connectivity index (χ2v) is 6.06. The van der Waals surface area contributed by atoms with Crippen LogP contribution in [0, 0.1) is 6.92 Å². The first kappa shape index (κ1) is 14.4. The van der Waals surface area contributed by atoms with Crippen molar-refractivity contribution in [3.05, 3.63) is 59.0 Å². The van der Waals surface area contributed by atoms with Crippen LogP contribution in [0.15, 0.2) is 48.5 Å². The van der Waals surface area contributed by atoms with E-state index in [0.717, 1.165) is 33.4 Å². The van der Waals surface area contributed by atoms with Crippen molar-refractivity contribution in [3.8, 4) is 33.1 Å². The molecule has 22 heavy (non-hydrogen) atoms. The van der Waals surface area contributed by atoms with E-state index in [9.17, 15) is 15.0 Å². The van der Waals surface area contributed by atoms with Gasteiger partial charge in [0.2, 0.25) is 0 Å². The number of thiophene rings is 1. The number of rotatable bonds is 3. The minimum absolute atomic E-state index is 0.192. The van der Waals surface area contributed by atoms with Crippen LogP contribution in [0.3, 0.4) is 0 Å². The Morgan fingerprint density at radius 3 is 2.32 bits per heavy atom. The van der Waals surface area contributed by atoms with Crippen molar-refractivity contribution in [1.29, 1.82) is 0 Å². The van der Waals surface area contributed by atoms with E-state index in [1.54, 1.807) is 42.5 Å². The molecular weight excluding hydrogens is 296 g/mol. The summed E-state index contributed by atoms with van der Waals surface area (Å²) in [5.74, 6) is 0.390. The van der Waals surface area contributed by atoms with Gasteiger partial charge in [-0.2, -0.15) is 0 Å². The van der Waals surface area contributed by atoms with Crippen LogP contribution in [0.5, 0.6) is 11.5 Å². The fourth-order valence-corrected chi connectivity index (χ4v) is 3.67. The van der Waals surface area contributed by atoms with E-state index in [2.05, 4.69) is 0 Å². The Bertz CT molecular complexity index is 832. The van der Waals surface area contributed by atoms with Gasteiger partial charge in [0.15, 0.2) is 6.29 Å². The average Bonchev–Trinajstić information content (AvgIpc) is 2.85. The van der Waals surface area contributed by atoms with Gasteiger partial charge in [0.25, 0.3) is 0 Å². The molecule has 0 aliphatic carbocycles. The molecule has 0 aliphatic rings. The highest BCUT2D eigenvalue weighted by Gasteiger charge is 2.17. The Morgan fingerprint density at radius 2 is 1.68 bits per heavy atom. The number of hydrogen-bond donors (Lipinski definition) is 2. The third-order valence-electron chi connectivity index (χ3n) is 3.55. The summed E-state index contributed by atoms with van der Waals surface area (Å²) in [5.41, 5.74) is 3.64. The Hall–Kier alpha value is -2.59. The Balaban J connectivity index is 2.20. The van der Waals surface area contributed by atoms with Crippen molar-refractivity contribution in [2.45, 2.75) is 6.92 Å². The maximum absolute atomic E-state index is 11.4. The maximum Gasteiger partial charge on any atom is 0.160 e. The Morgan fingerprint density at radius 1 is 0.955 bits per heavy atom. The van der Waals surface area contributed by atoms with Crippen molar-refractivity contribution in [2.75, 3.05) is 0 Å². The summed E-state index contributed by atoms with van der Waals surface area (Å²) < 4.78 is 0. The minimum atomic E-state index is 0.192. The lowest BCUT2D eigenvalue weighted by atomic mass is 9.99. The highest BCUT2D eigenvalue weighted by atomic mass is 32.1. The maximum atomic E-state index is 11.4. The standard InChI is InChI=1S/C18H14O3S/c1-11-17(12-5-7-14(20)8-6-12)16(10-19)22-18(11)13-3-2-4-15(21)9-13/h2-10,20-21H,1H3. The van der Waals surface area contributed by atoms with Crippen LogP contribution in [-0.2, 0) is 0 Å². The van der Waals surface area contributed by atoms with E-state index < -0.39 is 0 Å². The van der Waals surface area contributed by atoms with E-state index in [1.165, 1.54) is 11.3 Å². The number of hydrogen-bond acceptors (Lipinski definition) is 4. The topological polar surface area (TPSA) is 57.5 Å². The molecule has 0 fully saturated rings. The summed E-state index contributed by atoms with van der Waals surface area (Å²) in [4.78, 5) is 13.0. The molecule has 4 heteroatoms. The lowest BCUT2D eigenvalue weighted by Crippen LogP contribution is -1.84. The second kappa shape index (κ2) is 5.66. The Labute approximate surface area is 132 Å². The summed E-state index contributed by atoms with van der Waals surface area (Å²) in [6.45, 7) is 1.96. The van der Waals surface area contributed by atoms with Crippen molar-refractivity contribution in [3.63, 3.8) is 0 Å². The zero-order chi connectivity index (χ0) is 15.7. The van der Waals surface area contributed by atoms with Crippen molar-refractivity contribution >= 4 is 17.6 Å². The van der Waals surface area contributed by atoms with E-state index in [0.29, 0.717) is 4.88 Å². The molecule has 0 saturated heterocycles. The van der Waals surface area contributed by atoms with Crippen LogP contribution in [0.4, 0.5) is 0 Å². The van der Waals surface area contributed by atoms with Gasteiger partial charge in [0.1, 0.15) is 11.5 Å². The zero-order valence-corrected chi connectivity index (χ0v) is 12.7. The number of aldehydes is 1. The molecule has 1 aromatic heterocycles. The lowest BCUT2D eigenvalue weighted by molar-refractivity contribution is 0.112. The summed E-state index contributed by atoms with van der Waals surface area (Å²) in [6, 6.07) is 13.8. The van der Waals surface area contributed by atoms with Crippen LogP contribution in [-0.4, -0.2) is 16.5 Å². The van der Waals surface area contributed by atoms with Gasteiger partial charge in [-0.1, -0.05) is 24.3 Å². The van der Waals surface area contributed by atoms with Crippen molar-refractivity contribution < 1.29 is 15.0 Å². The van der Waals surface area contributed by atoms with E-state index in [-0.39, 0.29) is 11.5 Å². The number of benzene rings is 2. The van der Waals surface area contributed by atoms with Crippen LogP contribution in [0.25, 0.3) is 21.6 Å². The van der Waals surface area contributed by atoms with Gasteiger partial charge in [-0.25, -0.2) is 0 Å². The first-order valence-electron chi connectivity index (χ1n) is 6.77. The monoisotopic (exact) mass is 310 g/mol. The van der Waals surface area contributed by atoms with Gasteiger partial charge in [0.05, 0.1) is 4.88 Å². The third kappa shape index (κ3) is 2.49.